The number of thioether (sulfide) groups is 1. The topological polar surface area (TPSA) is 32.3 Å². The normalized spacial score (nSPS) is 18.6. The Morgan fingerprint density at radius 2 is 2.33 bits per heavy atom. The molecule has 1 heterocycles. The molecule has 0 radical (unpaired) electrons. The molecule has 1 aromatic carbocycles. The number of nitrogens with one attached hydrogen (secondary N) is 1. The second-order valence-electron chi connectivity index (χ2n) is 4.61. The van der Waals surface area contributed by atoms with E-state index in [1.54, 1.807) is 0 Å². The van der Waals surface area contributed by atoms with E-state index in [9.17, 15) is 4.79 Å². The van der Waals surface area contributed by atoms with Crippen LogP contribution in [0.5, 0.6) is 0 Å². The van der Waals surface area contributed by atoms with Crippen molar-refractivity contribution in [2.45, 2.75) is 31.2 Å². The summed E-state index contributed by atoms with van der Waals surface area (Å²) in [5.74, 6) is 1.12. The van der Waals surface area contributed by atoms with Gasteiger partial charge in [0.25, 0.3) is 0 Å². The molecule has 1 atom stereocenters. The second-order valence-corrected chi connectivity index (χ2v) is 5.67. The SMILES string of the molecule is CCc1ccc2c(c1)SCC(C)N2C(=O)CNC. The van der Waals surface area contributed by atoms with Crippen molar-refractivity contribution in [2.24, 2.45) is 0 Å². The predicted molar refractivity (Wildman–Crippen MR) is 77.4 cm³/mol. The highest BCUT2D eigenvalue weighted by Crippen LogP contribution is 2.38. The Labute approximate surface area is 113 Å². The lowest BCUT2D eigenvalue weighted by atomic mass is 10.1. The fourth-order valence-electron chi connectivity index (χ4n) is 2.23. The standard InChI is InChI=1S/C14H20N2OS/c1-4-11-5-6-12-13(7-11)18-9-10(2)16(12)14(17)8-15-3/h5-7,10,15H,4,8-9H2,1-3H3. The summed E-state index contributed by atoms with van der Waals surface area (Å²) in [6, 6.07) is 6.68. The van der Waals surface area contributed by atoms with E-state index < -0.39 is 0 Å². The van der Waals surface area contributed by atoms with Crippen molar-refractivity contribution < 1.29 is 4.79 Å². The fourth-order valence-corrected chi connectivity index (χ4v) is 3.35. The van der Waals surface area contributed by atoms with Crippen LogP contribution in [0, 0.1) is 0 Å². The van der Waals surface area contributed by atoms with Gasteiger partial charge in [0.05, 0.1) is 12.2 Å². The van der Waals surface area contributed by atoms with E-state index in [1.807, 2.05) is 23.7 Å². The second kappa shape index (κ2) is 5.76. The first-order valence-corrected chi connectivity index (χ1v) is 7.38. The third-order valence-electron chi connectivity index (χ3n) is 3.21. The number of carbonyl (C=O) groups is 1. The van der Waals surface area contributed by atoms with Crippen LogP contribution in [-0.2, 0) is 11.2 Å². The Balaban J connectivity index is 2.35. The van der Waals surface area contributed by atoms with Gasteiger partial charge in [0.2, 0.25) is 5.91 Å². The number of anilines is 1. The molecule has 0 aromatic heterocycles. The average molecular weight is 264 g/mol. The first-order chi connectivity index (χ1) is 8.67. The minimum atomic E-state index is 0.149. The van der Waals surface area contributed by atoms with Crippen LogP contribution >= 0.6 is 11.8 Å². The Hall–Kier alpha value is -1.00. The van der Waals surface area contributed by atoms with Gasteiger partial charge in [0, 0.05) is 16.7 Å². The Morgan fingerprint density at radius 3 is 3.00 bits per heavy atom. The molecule has 1 unspecified atom stereocenters. The van der Waals surface area contributed by atoms with Gasteiger partial charge in [-0.25, -0.2) is 0 Å². The van der Waals surface area contributed by atoms with Crippen LogP contribution in [0.3, 0.4) is 0 Å². The van der Waals surface area contributed by atoms with Crippen LogP contribution in [0.4, 0.5) is 5.69 Å². The maximum absolute atomic E-state index is 12.2. The smallest absolute Gasteiger partial charge is 0.241 e. The average Bonchev–Trinajstić information content (AvgIpc) is 2.38. The molecule has 1 aliphatic rings. The number of amides is 1. The predicted octanol–water partition coefficient (Wildman–Crippen LogP) is 2.30. The summed E-state index contributed by atoms with van der Waals surface area (Å²) in [5, 5.41) is 2.94. The third kappa shape index (κ3) is 2.54. The van der Waals surface area contributed by atoms with Gasteiger partial charge in [0.1, 0.15) is 0 Å². The minimum Gasteiger partial charge on any atom is -0.311 e. The van der Waals surface area contributed by atoms with E-state index in [0.717, 1.165) is 17.9 Å². The van der Waals surface area contributed by atoms with E-state index in [2.05, 4.69) is 37.4 Å². The number of carbonyl (C=O) groups excluding carboxylic acids is 1. The molecule has 0 fully saturated rings. The zero-order chi connectivity index (χ0) is 13.1. The first kappa shape index (κ1) is 13.4. The maximum atomic E-state index is 12.2. The Kier molecular flexibility index (Phi) is 4.30. The van der Waals surface area contributed by atoms with Gasteiger partial charge in [-0.2, -0.15) is 0 Å². The van der Waals surface area contributed by atoms with E-state index in [4.69, 9.17) is 0 Å². The quantitative estimate of drug-likeness (QED) is 0.909. The lowest BCUT2D eigenvalue weighted by Crippen LogP contribution is -2.46. The summed E-state index contributed by atoms with van der Waals surface area (Å²) < 4.78 is 0. The van der Waals surface area contributed by atoms with E-state index in [0.29, 0.717) is 6.54 Å². The molecule has 1 N–H and O–H groups in total. The van der Waals surface area contributed by atoms with Crippen molar-refractivity contribution in [2.75, 3.05) is 24.2 Å². The Bertz CT molecular complexity index is 447. The lowest BCUT2D eigenvalue weighted by Gasteiger charge is -2.35. The largest absolute Gasteiger partial charge is 0.311 e. The molecule has 0 aliphatic carbocycles. The molecule has 98 valence electrons. The van der Waals surface area contributed by atoms with Crippen molar-refractivity contribution in [3.05, 3.63) is 23.8 Å². The molecular weight excluding hydrogens is 244 g/mol. The number of aryl methyl sites for hydroxylation is 1. The van der Waals surface area contributed by atoms with E-state index in [1.165, 1.54) is 10.5 Å². The van der Waals surface area contributed by atoms with Crippen LogP contribution < -0.4 is 10.2 Å². The molecule has 0 bridgehead atoms. The van der Waals surface area contributed by atoms with Crippen molar-refractivity contribution in [1.29, 1.82) is 0 Å². The number of rotatable bonds is 3. The van der Waals surface area contributed by atoms with Crippen molar-refractivity contribution in [3.8, 4) is 0 Å². The van der Waals surface area contributed by atoms with Crippen molar-refractivity contribution in [3.63, 3.8) is 0 Å². The summed E-state index contributed by atoms with van der Waals surface area (Å²) in [5.41, 5.74) is 2.40. The van der Waals surface area contributed by atoms with Gasteiger partial charge < -0.3 is 10.2 Å². The Morgan fingerprint density at radius 1 is 1.56 bits per heavy atom. The molecular formula is C14H20N2OS. The maximum Gasteiger partial charge on any atom is 0.241 e. The number of nitrogens with zero attached hydrogens (tertiary/aromatic N) is 1. The summed E-state index contributed by atoms with van der Waals surface area (Å²) >= 11 is 1.85. The number of likely N-dealkylation sites (N-methyl/N-ethyl adjacent to an activating group) is 1. The zero-order valence-corrected chi connectivity index (χ0v) is 12.0. The molecule has 2 rings (SSSR count). The monoisotopic (exact) mass is 264 g/mol. The minimum absolute atomic E-state index is 0.149. The van der Waals surface area contributed by atoms with Crippen LogP contribution in [0.25, 0.3) is 0 Å². The van der Waals surface area contributed by atoms with Gasteiger partial charge >= 0.3 is 0 Å². The molecule has 18 heavy (non-hydrogen) atoms. The number of fused-ring (bicyclic) bond motifs is 1. The molecule has 3 nitrogen and oxygen atoms in total. The summed E-state index contributed by atoms with van der Waals surface area (Å²) in [4.78, 5) is 15.3. The number of hydrogen-bond donors (Lipinski definition) is 1. The third-order valence-corrected chi connectivity index (χ3v) is 4.50. The highest BCUT2D eigenvalue weighted by Gasteiger charge is 2.28. The van der Waals surface area contributed by atoms with Gasteiger partial charge in [-0.1, -0.05) is 13.0 Å². The van der Waals surface area contributed by atoms with Gasteiger partial charge in [-0.05, 0) is 38.1 Å². The van der Waals surface area contributed by atoms with Gasteiger partial charge in [-0.15, -0.1) is 11.8 Å². The number of hydrogen-bond acceptors (Lipinski definition) is 3. The summed E-state index contributed by atoms with van der Waals surface area (Å²) in [6.45, 7) is 4.66. The van der Waals surface area contributed by atoms with Gasteiger partial charge in [-0.3, -0.25) is 4.79 Å². The van der Waals surface area contributed by atoms with Crippen LogP contribution in [0.1, 0.15) is 19.4 Å². The molecule has 1 amide bonds. The fraction of sp³-hybridized carbons (Fsp3) is 0.500. The molecule has 1 aromatic rings. The lowest BCUT2D eigenvalue weighted by molar-refractivity contribution is -0.118. The number of benzene rings is 1. The van der Waals surface area contributed by atoms with Crippen LogP contribution in [0.15, 0.2) is 23.1 Å². The first-order valence-electron chi connectivity index (χ1n) is 6.39. The van der Waals surface area contributed by atoms with Gasteiger partial charge in [0.15, 0.2) is 0 Å². The molecule has 0 saturated heterocycles. The highest BCUT2D eigenvalue weighted by atomic mass is 32.2. The molecule has 0 saturated carbocycles. The molecule has 1 aliphatic heterocycles. The summed E-state index contributed by atoms with van der Waals surface area (Å²) in [7, 11) is 1.81. The van der Waals surface area contributed by atoms with Crippen LogP contribution in [-0.4, -0.2) is 31.3 Å². The summed E-state index contributed by atoms with van der Waals surface area (Å²) in [6.07, 6.45) is 1.04. The van der Waals surface area contributed by atoms with Crippen molar-refractivity contribution >= 4 is 23.4 Å². The van der Waals surface area contributed by atoms with Crippen molar-refractivity contribution in [1.82, 2.24) is 5.32 Å². The highest BCUT2D eigenvalue weighted by molar-refractivity contribution is 7.99. The van der Waals surface area contributed by atoms with E-state index >= 15 is 0 Å². The van der Waals surface area contributed by atoms with E-state index in [-0.39, 0.29) is 11.9 Å². The molecule has 0 spiro atoms. The van der Waals surface area contributed by atoms with Crippen LogP contribution in [0.2, 0.25) is 0 Å². The zero-order valence-electron chi connectivity index (χ0n) is 11.2. The molecule has 4 heteroatoms.